The molecule has 2 aromatic heterocycles. The van der Waals surface area contributed by atoms with Gasteiger partial charge in [-0.15, -0.1) is 0 Å². The minimum Gasteiger partial charge on any atom is -0.456 e. The SMILES string of the molecule is c1ccc(-c2ccc3c(c2)B2c4c(cc5oc6ccccc6c5c4-c4cccc5c6ccccc6n2c45)N3C2CCC(c3ccccc3)CC2)cc1. The highest BCUT2D eigenvalue weighted by atomic mass is 16.3. The number of hydrogen-bond donors (Lipinski definition) is 0. The van der Waals surface area contributed by atoms with Crippen LogP contribution in [-0.4, -0.2) is 17.4 Å². The van der Waals surface area contributed by atoms with Crippen LogP contribution >= 0.6 is 0 Å². The van der Waals surface area contributed by atoms with E-state index < -0.39 is 0 Å². The molecule has 3 aliphatic rings. The maximum absolute atomic E-state index is 6.81. The van der Waals surface area contributed by atoms with E-state index in [0.717, 1.165) is 24.0 Å². The van der Waals surface area contributed by atoms with Gasteiger partial charge in [-0.3, -0.25) is 0 Å². The van der Waals surface area contributed by atoms with Crippen LogP contribution in [0.5, 0.6) is 0 Å². The van der Waals surface area contributed by atoms with Gasteiger partial charge in [-0.05, 0) is 83.0 Å². The largest absolute Gasteiger partial charge is 0.456 e. The summed E-state index contributed by atoms with van der Waals surface area (Å²) in [4.78, 5) is 2.74. The van der Waals surface area contributed by atoms with E-state index in [4.69, 9.17) is 4.42 Å². The maximum Gasteiger partial charge on any atom is 0.333 e. The van der Waals surface area contributed by atoms with Gasteiger partial charge in [-0.1, -0.05) is 127 Å². The molecular weight excluding hydrogens is 631 g/mol. The van der Waals surface area contributed by atoms with Gasteiger partial charge in [0.2, 0.25) is 0 Å². The number of para-hydroxylation sites is 3. The zero-order chi connectivity index (χ0) is 33.9. The molecule has 7 aromatic carbocycles. The molecule has 1 fully saturated rings. The first-order chi connectivity index (χ1) is 25.8. The summed E-state index contributed by atoms with van der Waals surface area (Å²) in [6.07, 6.45) is 4.66. The summed E-state index contributed by atoms with van der Waals surface area (Å²) in [6.45, 7) is 0.0101. The van der Waals surface area contributed by atoms with Crippen molar-refractivity contribution in [1.82, 2.24) is 4.48 Å². The Morgan fingerprint density at radius 3 is 2.13 bits per heavy atom. The van der Waals surface area contributed by atoms with E-state index in [9.17, 15) is 0 Å². The number of nitrogens with zero attached hydrogens (tertiary/aromatic N) is 2. The third-order valence-electron chi connectivity index (χ3n) is 12.5. The molecule has 0 spiro atoms. The number of fused-ring (bicyclic) bond motifs is 11. The van der Waals surface area contributed by atoms with Crippen molar-refractivity contribution in [2.24, 2.45) is 0 Å². The zero-order valence-corrected chi connectivity index (χ0v) is 28.8. The fourth-order valence-electron chi connectivity index (χ4n) is 10.3. The average Bonchev–Trinajstić information content (AvgIpc) is 3.76. The molecule has 0 radical (unpaired) electrons. The second kappa shape index (κ2) is 10.8. The molecule has 0 unspecified atom stereocenters. The normalized spacial score (nSPS) is 17.6. The van der Waals surface area contributed by atoms with Crippen molar-refractivity contribution in [3.63, 3.8) is 0 Å². The molecular formula is C48H35BN2O. The fourth-order valence-corrected chi connectivity index (χ4v) is 10.3. The summed E-state index contributed by atoms with van der Waals surface area (Å²) in [6, 6.07) is 56.7. The van der Waals surface area contributed by atoms with Crippen LogP contribution in [0.2, 0.25) is 0 Å². The average molecular weight is 667 g/mol. The lowest BCUT2D eigenvalue weighted by atomic mass is 9.44. The van der Waals surface area contributed by atoms with Crippen LogP contribution in [0.4, 0.5) is 11.4 Å². The number of furan rings is 1. The number of rotatable bonds is 3. The number of anilines is 2. The quantitative estimate of drug-likeness (QED) is 0.175. The third kappa shape index (κ3) is 3.87. The van der Waals surface area contributed by atoms with E-state index in [2.05, 4.69) is 161 Å². The first-order valence-corrected chi connectivity index (χ1v) is 18.9. The van der Waals surface area contributed by atoms with Crippen molar-refractivity contribution in [2.45, 2.75) is 37.6 Å². The molecule has 0 N–H and O–H groups in total. The first kappa shape index (κ1) is 28.7. The summed E-state index contributed by atoms with van der Waals surface area (Å²) in [5, 5.41) is 5.05. The van der Waals surface area contributed by atoms with Gasteiger partial charge in [0.25, 0.3) is 0 Å². The Balaban J connectivity index is 1.18. The lowest BCUT2D eigenvalue weighted by Gasteiger charge is -2.46. The van der Waals surface area contributed by atoms with Crippen molar-refractivity contribution in [1.29, 1.82) is 0 Å². The van der Waals surface area contributed by atoms with Crippen LogP contribution in [0.3, 0.4) is 0 Å². The summed E-state index contributed by atoms with van der Waals surface area (Å²) in [7, 11) is 0. The van der Waals surface area contributed by atoms with E-state index in [1.807, 2.05) is 0 Å². The lowest BCUT2D eigenvalue weighted by Crippen LogP contribution is -2.59. The van der Waals surface area contributed by atoms with Gasteiger partial charge in [-0.2, -0.15) is 0 Å². The van der Waals surface area contributed by atoms with Gasteiger partial charge in [0.1, 0.15) is 11.2 Å². The smallest absolute Gasteiger partial charge is 0.333 e. The first-order valence-electron chi connectivity index (χ1n) is 18.9. The Labute approximate surface area is 302 Å². The van der Waals surface area contributed by atoms with Crippen LogP contribution in [0, 0.1) is 0 Å². The summed E-state index contributed by atoms with van der Waals surface area (Å²) >= 11 is 0. The summed E-state index contributed by atoms with van der Waals surface area (Å²) in [5.41, 5.74) is 16.6. The van der Waals surface area contributed by atoms with Crippen LogP contribution in [0.1, 0.15) is 37.2 Å². The Hall–Kier alpha value is -6.00. The van der Waals surface area contributed by atoms with E-state index in [1.165, 1.54) is 95.5 Å². The molecule has 1 aliphatic carbocycles. The molecule has 1 saturated carbocycles. The van der Waals surface area contributed by atoms with Crippen LogP contribution in [0.15, 0.2) is 156 Å². The molecule has 2 aliphatic heterocycles. The molecule has 52 heavy (non-hydrogen) atoms. The molecule has 246 valence electrons. The second-order valence-corrected chi connectivity index (χ2v) is 15.1. The number of hydrogen-bond acceptors (Lipinski definition) is 2. The predicted octanol–water partition coefficient (Wildman–Crippen LogP) is 11.2. The highest BCUT2D eigenvalue weighted by molar-refractivity contribution is 6.90. The van der Waals surface area contributed by atoms with E-state index in [1.54, 1.807) is 0 Å². The Morgan fingerprint density at radius 2 is 1.29 bits per heavy atom. The van der Waals surface area contributed by atoms with E-state index in [-0.39, 0.29) is 6.85 Å². The van der Waals surface area contributed by atoms with Gasteiger partial charge in [0.05, 0.1) is 0 Å². The van der Waals surface area contributed by atoms with E-state index >= 15 is 0 Å². The highest BCUT2D eigenvalue weighted by Gasteiger charge is 2.45. The molecule has 0 amide bonds. The van der Waals surface area contributed by atoms with E-state index in [0.29, 0.717) is 12.0 Å². The lowest BCUT2D eigenvalue weighted by molar-refractivity contribution is 0.392. The van der Waals surface area contributed by atoms with Crippen molar-refractivity contribution >= 4 is 72.9 Å². The molecule has 3 nitrogen and oxygen atoms in total. The topological polar surface area (TPSA) is 21.3 Å². The van der Waals surface area contributed by atoms with Crippen LogP contribution in [-0.2, 0) is 0 Å². The molecule has 4 heterocycles. The minimum absolute atomic E-state index is 0.0101. The van der Waals surface area contributed by atoms with Crippen molar-refractivity contribution in [2.75, 3.05) is 4.90 Å². The van der Waals surface area contributed by atoms with Crippen molar-refractivity contribution in [3.8, 4) is 22.3 Å². The monoisotopic (exact) mass is 666 g/mol. The van der Waals surface area contributed by atoms with Gasteiger partial charge >= 0.3 is 6.85 Å². The highest BCUT2D eigenvalue weighted by Crippen LogP contribution is 2.49. The zero-order valence-electron chi connectivity index (χ0n) is 28.8. The van der Waals surface area contributed by atoms with Gasteiger partial charge in [0, 0.05) is 61.6 Å². The second-order valence-electron chi connectivity index (χ2n) is 15.1. The van der Waals surface area contributed by atoms with Crippen LogP contribution < -0.4 is 15.8 Å². The fraction of sp³-hybridized carbons (Fsp3) is 0.125. The molecule has 0 atom stereocenters. The molecule has 0 bridgehead atoms. The van der Waals surface area contributed by atoms with Crippen molar-refractivity contribution in [3.05, 3.63) is 157 Å². The van der Waals surface area contributed by atoms with Crippen molar-refractivity contribution < 1.29 is 4.42 Å². The molecule has 4 heteroatoms. The Bertz CT molecular complexity index is 2880. The van der Waals surface area contributed by atoms with Gasteiger partial charge < -0.3 is 13.8 Å². The predicted molar refractivity (Wildman–Crippen MR) is 218 cm³/mol. The standard InChI is InChI=1S/C48H35BN2O/c1-3-12-30(13-4-1)32-22-25-34(26-23-32)50-41-27-24-33(31-14-5-2-6-15-31)28-39(41)49-47-42(50)29-44-45(37-17-8-10-21-43(37)52-44)46(47)38-19-11-18-36-35-16-7-9-20-40(35)51(49)48(36)38/h1-21,24,27-29,32,34H,22-23,25-26H2. The Morgan fingerprint density at radius 1 is 0.558 bits per heavy atom. The van der Waals surface area contributed by atoms with Gasteiger partial charge in [0.15, 0.2) is 0 Å². The minimum atomic E-state index is 0.0101. The van der Waals surface area contributed by atoms with Crippen LogP contribution in [0.25, 0.3) is 66.0 Å². The van der Waals surface area contributed by atoms with Gasteiger partial charge in [-0.25, -0.2) is 0 Å². The number of aromatic nitrogens is 1. The summed E-state index contributed by atoms with van der Waals surface area (Å²) in [5.74, 6) is 0.605. The number of benzene rings is 7. The molecule has 12 rings (SSSR count). The molecule has 9 aromatic rings. The summed E-state index contributed by atoms with van der Waals surface area (Å²) < 4.78 is 9.48. The third-order valence-corrected chi connectivity index (χ3v) is 12.5. The maximum atomic E-state index is 6.81. The molecule has 0 saturated heterocycles. The Kier molecular flexibility index (Phi) is 5.93.